The lowest BCUT2D eigenvalue weighted by molar-refractivity contribution is 0.102. The fraction of sp³-hybridized carbons (Fsp3) is 0.0714. The Bertz CT molecular complexity index is 1420. The molecule has 0 fully saturated rings. The van der Waals surface area contributed by atoms with Crippen molar-refractivity contribution in [2.75, 3.05) is 29.6 Å². The quantitative estimate of drug-likeness (QED) is 0.331. The summed E-state index contributed by atoms with van der Waals surface area (Å²) in [7, 11) is 3.95. The first-order valence-electron chi connectivity index (χ1n) is 11.1. The average Bonchev–Trinajstić information content (AvgIpc) is 3.28. The number of carbonyl (C=O) groups excluding carboxylic acids is 1. The van der Waals surface area contributed by atoms with Crippen LogP contribution in [0, 0.1) is 0 Å². The number of fused-ring (bicyclic) bond motifs is 1. The third-order valence-electron chi connectivity index (χ3n) is 5.65. The molecule has 0 saturated carbocycles. The van der Waals surface area contributed by atoms with Crippen LogP contribution in [0.1, 0.15) is 10.4 Å². The van der Waals surface area contributed by atoms with Gasteiger partial charge in [0, 0.05) is 47.8 Å². The second-order valence-corrected chi connectivity index (χ2v) is 8.26. The van der Waals surface area contributed by atoms with Crippen LogP contribution in [0.5, 0.6) is 0 Å². The van der Waals surface area contributed by atoms with E-state index >= 15 is 0 Å². The standard InChI is InChI=1S/C28H25N5O/c1-32(2)25-13-8-20(9-14-25)28(34)31-24-12-17-27-21(18-24)19-29-33(27)26-15-10-23(11-16-26)30-22-6-4-3-5-7-22/h3-19,30H,1-2H3,(H,31,34). The van der Waals surface area contributed by atoms with Gasteiger partial charge in [-0.25, -0.2) is 4.68 Å². The Morgan fingerprint density at radius 3 is 2.18 bits per heavy atom. The van der Waals surface area contributed by atoms with Gasteiger partial charge in [0.25, 0.3) is 5.91 Å². The molecule has 6 heteroatoms. The third-order valence-corrected chi connectivity index (χ3v) is 5.65. The molecule has 2 N–H and O–H groups in total. The highest BCUT2D eigenvalue weighted by molar-refractivity contribution is 6.05. The molecule has 0 unspecified atom stereocenters. The molecule has 1 amide bonds. The molecule has 1 heterocycles. The molecule has 0 radical (unpaired) electrons. The number of rotatable bonds is 6. The van der Waals surface area contributed by atoms with Gasteiger partial charge in [0.05, 0.1) is 17.4 Å². The lowest BCUT2D eigenvalue weighted by Crippen LogP contribution is -2.13. The number of amides is 1. The molecule has 1 aromatic heterocycles. The number of nitrogens with zero attached hydrogens (tertiary/aromatic N) is 3. The van der Waals surface area contributed by atoms with Crippen molar-refractivity contribution in [3.63, 3.8) is 0 Å². The largest absolute Gasteiger partial charge is 0.378 e. The van der Waals surface area contributed by atoms with Crippen LogP contribution in [0.4, 0.5) is 22.7 Å². The van der Waals surface area contributed by atoms with Gasteiger partial charge in [-0.2, -0.15) is 5.10 Å². The zero-order chi connectivity index (χ0) is 23.5. The molecule has 0 bridgehead atoms. The summed E-state index contributed by atoms with van der Waals surface area (Å²) in [5, 5.41) is 11.9. The molecule has 6 nitrogen and oxygen atoms in total. The normalized spacial score (nSPS) is 10.8. The van der Waals surface area contributed by atoms with E-state index in [4.69, 9.17) is 0 Å². The molecular formula is C28H25N5O. The SMILES string of the molecule is CN(C)c1ccc(C(=O)Nc2ccc3c(cnn3-c3ccc(Nc4ccccc4)cc3)c2)cc1. The summed E-state index contributed by atoms with van der Waals surface area (Å²) in [6, 6.07) is 31.5. The number of aromatic nitrogens is 2. The number of benzene rings is 4. The van der Waals surface area contributed by atoms with E-state index in [1.54, 1.807) is 0 Å². The Morgan fingerprint density at radius 1 is 0.794 bits per heavy atom. The molecule has 168 valence electrons. The van der Waals surface area contributed by atoms with E-state index in [-0.39, 0.29) is 5.91 Å². The van der Waals surface area contributed by atoms with Crippen molar-refractivity contribution in [1.29, 1.82) is 0 Å². The zero-order valence-corrected chi connectivity index (χ0v) is 19.1. The number of anilines is 4. The van der Waals surface area contributed by atoms with Crippen molar-refractivity contribution in [1.82, 2.24) is 9.78 Å². The minimum Gasteiger partial charge on any atom is -0.378 e. The minimum atomic E-state index is -0.140. The van der Waals surface area contributed by atoms with Crippen LogP contribution < -0.4 is 15.5 Å². The molecule has 0 atom stereocenters. The smallest absolute Gasteiger partial charge is 0.255 e. The number of hydrogen-bond donors (Lipinski definition) is 2. The van der Waals surface area contributed by atoms with Gasteiger partial charge in [-0.05, 0) is 78.9 Å². The maximum absolute atomic E-state index is 12.7. The molecule has 5 rings (SSSR count). The monoisotopic (exact) mass is 447 g/mol. The summed E-state index contributed by atoms with van der Waals surface area (Å²) in [4.78, 5) is 14.7. The summed E-state index contributed by atoms with van der Waals surface area (Å²) < 4.78 is 1.90. The van der Waals surface area contributed by atoms with Crippen LogP contribution in [0.2, 0.25) is 0 Å². The van der Waals surface area contributed by atoms with Crippen molar-refractivity contribution in [3.8, 4) is 5.69 Å². The van der Waals surface area contributed by atoms with Crippen molar-refractivity contribution >= 4 is 39.6 Å². The topological polar surface area (TPSA) is 62.2 Å². The Morgan fingerprint density at radius 2 is 1.47 bits per heavy atom. The third kappa shape index (κ3) is 4.47. The first kappa shape index (κ1) is 21.3. The lowest BCUT2D eigenvalue weighted by Gasteiger charge is -2.12. The molecule has 5 aromatic rings. The first-order valence-corrected chi connectivity index (χ1v) is 11.1. The second kappa shape index (κ2) is 9.11. The van der Waals surface area contributed by atoms with Crippen LogP contribution in [0.15, 0.2) is 103 Å². The minimum absolute atomic E-state index is 0.140. The predicted molar refractivity (Wildman–Crippen MR) is 140 cm³/mol. The summed E-state index contributed by atoms with van der Waals surface area (Å²) in [6.07, 6.45) is 1.81. The number of hydrogen-bond acceptors (Lipinski definition) is 4. The van der Waals surface area contributed by atoms with Gasteiger partial charge in [-0.15, -0.1) is 0 Å². The van der Waals surface area contributed by atoms with Crippen molar-refractivity contribution in [3.05, 3.63) is 109 Å². The van der Waals surface area contributed by atoms with Crippen LogP contribution in [0.25, 0.3) is 16.6 Å². The van der Waals surface area contributed by atoms with E-state index in [1.807, 2.05) is 127 Å². The highest BCUT2D eigenvalue weighted by Gasteiger charge is 2.10. The van der Waals surface area contributed by atoms with Crippen LogP contribution >= 0.6 is 0 Å². The van der Waals surface area contributed by atoms with Gasteiger partial charge < -0.3 is 15.5 Å². The maximum Gasteiger partial charge on any atom is 0.255 e. The fourth-order valence-corrected chi connectivity index (χ4v) is 3.80. The van der Waals surface area contributed by atoms with Crippen LogP contribution in [-0.2, 0) is 0 Å². The molecule has 0 aliphatic carbocycles. The van der Waals surface area contributed by atoms with E-state index in [0.717, 1.165) is 39.3 Å². The first-order chi connectivity index (χ1) is 16.6. The Kier molecular flexibility index (Phi) is 5.70. The fourth-order valence-electron chi connectivity index (χ4n) is 3.80. The molecule has 0 aliphatic heterocycles. The van der Waals surface area contributed by atoms with E-state index in [0.29, 0.717) is 5.56 Å². The second-order valence-electron chi connectivity index (χ2n) is 8.26. The van der Waals surface area contributed by atoms with Gasteiger partial charge >= 0.3 is 0 Å². The number of para-hydroxylation sites is 1. The highest BCUT2D eigenvalue weighted by atomic mass is 16.1. The van der Waals surface area contributed by atoms with E-state index in [2.05, 4.69) is 15.7 Å². The van der Waals surface area contributed by atoms with Crippen LogP contribution in [0.3, 0.4) is 0 Å². The van der Waals surface area contributed by atoms with Gasteiger partial charge in [0.1, 0.15) is 0 Å². The van der Waals surface area contributed by atoms with Gasteiger partial charge in [-0.3, -0.25) is 4.79 Å². The maximum atomic E-state index is 12.7. The highest BCUT2D eigenvalue weighted by Crippen LogP contribution is 2.24. The summed E-state index contributed by atoms with van der Waals surface area (Å²) in [6.45, 7) is 0. The zero-order valence-electron chi connectivity index (χ0n) is 19.1. The van der Waals surface area contributed by atoms with Crippen LogP contribution in [-0.4, -0.2) is 29.8 Å². The van der Waals surface area contributed by atoms with Crippen molar-refractivity contribution in [2.45, 2.75) is 0 Å². The number of carbonyl (C=O) groups is 1. The van der Waals surface area contributed by atoms with E-state index in [1.165, 1.54) is 0 Å². The summed E-state index contributed by atoms with van der Waals surface area (Å²) in [5.74, 6) is -0.140. The van der Waals surface area contributed by atoms with Crippen molar-refractivity contribution < 1.29 is 4.79 Å². The molecule has 0 aliphatic rings. The molecule has 34 heavy (non-hydrogen) atoms. The lowest BCUT2D eigenvalue weighted by atomic mass is 10.1. The summed E-state index contributed by atoms with van der Waals surface area (Å²) in [5.41, 5.74) is 6.39. The van der Waals surface area contributed by atoms with E-state index in [9.17, 15) is 4.79 Å². The Labute approximate surface area is 198 Å². The molecular weight excluding hydrogens is 422 g/mol. The van der Waals surface area contributed by atoms with E-state index < -0.39 is 0 Å². The Balaban J connectivity index is 1.32. The number of nitrogens with one attached hydrogen (secondary N) is 2. The van der Waals surface area contributed by atoms with Gasteiger partial charge in [0.15, 0.2) is 0 Å². The van der Waals surface area contributed by atoms with Crippen molar-refractivity contribution in [2.24, 2.45) is 0 Å². The Hall–Kier alpha value is -4.58. The summed E-state index contributed by atoms with van der Waals surface area (Å²) >= 11 is 0. The van der Waals surface area contributed by atoms with Gasteiger partial charge in [0.2, 0.25) is 0 Å². The predicted octanol–water partition coefficient (Wildman–Crippen LogP) is 6.09. The molecule has 4 aromatic carbocycles. The van der Waals surface area contributed by atoms with Gasteiger partial charge in [-0.1, -0.05) is 18.2 Å². The average molecular weight is 448 g/mol. The molecule has 0 spiro atoms. The molecule has 0 saturated heterocycles.